The van der Waals surface area contributed by atoms with Gasteiger partial charge in [0.15, 0.2) is 0 Å². The number of rotatable bonds is 2. The van der Waals surface area contributed by atoms with Crippen LogP contribution in [-0.4, -0.2) is 9.97 Å². The van der Waals surface area contributed by atoms with Crippen molar-refractivity contribution in [1.82, 2.24) is 9.97 Å². The first-order chi connectivity index (χ1) is 10.7. The Labute approximate surface area is 133 Å². The molecule has 4 aromatic rings. The number of benzene rings is 2. The summed E-state index contributed by atoms with van der Waals surface area (Å²) in [4.78, 5) is 10.3. The molecular formula is C19H16N2S. The summed E-state index contributed by atoms with van der Waals surface area (Å²) in [5, 5.41) is 0. The third-order valence-electron chi connectivity index (χ3n) is 3.83. The van der Waals surface area contributed by atoms with Gasteiger partial charge in [-0.3, -0.25) is 0 Å². The van der Waals surface area contributed by atoms with E-state index in [2.05, 4.69) is 71.5 Å². The summed E-state index contributed by atoms with van der Waals surface area (Å²) in [5.41, 5.74) is 5.93. The van der Waals surface area contributed by atoms with Crippen molar-refractivity contribution >= 4 is 22.4 Å². The normalized spacial score (nSPS) is 11.2. The maximum atomic E-state index is 4.46. The maximum absolute atomic E-state index is 4.46. The smallest absolute Gasteiger partial charge is 0.104 e. The zero-order chi connectivity index (χ0) is 15.1. The largest absolute Gasteiger partial charge is 0.342 e. The van der Waals surface area contributed by atoms with Crippen molar-refractivity contribution in [2.75, 3.05) is 0 Å². The summed E-state index contributed by atoms with van der Waals surface area (Å²) >= 11 is 1.83. The van der Waals surface area contributed by atoms with Crippen LogP contribution in [0.1, 0.15) is 11.4 Å². The van der Waals surface area contributed by atoms with E-state index in [4.69, 9.17) is 0 Å². The molecule has 0 amide bonds. The Hall–Kier alpha value is -2.39. The summed E-state index contributed by atoms with van der Waals surface area (Å²) in [7, 11) is 0. The van der Waals surface area contributed by atoms with Crippen LogP contribution in [0.5, 0.6) is 0 Å². The highest BCUT2D eigenvalue weighted by Crippen LogP contribution is 2.35. The molecule has 0 aliphatic heterocycles. The molecule has 2 aromatic carbocycles. The predicted octanol–water partition coefficient (Wildman–Crippen LogP) is 5.58. The number of thiophene rings is 1. The molecule has 0 aliphatic carbocycles. The average molecular weight is 304 g/mol. The first-order valence-corrected chi connectivity index (χ1v) is 8.14. The minimum Gasteiger partial charge on any atom is -0.342 e. The van der Waals surface area contributed by atoms with Crippen LogP contribution >= 0.6 is 11.3 Å². The summed E-state index contributed by atoms with van der Waals surface area (Å²) in [6.45, 7) is 4.10. The van der Waals surface area contributed by atoms with Gasteiger partial charge in [0.05, 0.1) is 11.0 Å². The number of nitrogens with zero attached hydrogens (tertiary/aromatic N) is 1. The summed E-state index contributed by atoms with van der Waals surface area (Å²) in [6, 6.07) is 19.5. The fourth-order valence-electron chi connectivity index (χ4n) is 2.66. The lowest BCUT2D eigenvalue weighted by Gasteiger charge is -1.99. The Kier molecular flexibility index (Phi) is 3.09. The molecule has 4 rings (SSSR count). The Bertz CT molecular complexity index is 945. The number of hydrogen-bond donors (Lipinski definition) is 1. The molecular weight excluding hydrogens is 288 g/mol. The van der Waals surface area contributed by atoms with Gasteiger partial charge in [0, 0.05) is 9.75 Å². The van der Waals surface area contributed by atoms with E-state index in [9.17, 15) is 0 Å². The van der Waals surface area contributed by atoms with E-state index in [1.807, 2.05) is 18.3 Å². The topological polar surface area (TPSA) is 28.7 Å². The van der Waals surface area contributed by atoms with E-state index in [0.29, 0.717) is 0 Å². The van der Waals surface area contributed by atoms with Crippen molar-refractivity contribution < 1.29 is 0 Å². The van der Waals surface area contributed by atoms with Gasteiger partial charge < -0.3 is 4.98 Å². The van der Waals surface area contributed by atoms with Crippen LogP contribution in [0.3, 0.4) is 0 Å². The van der Waals surface area contributed by atoms with Crippen LogP contribution in [0.15, 0.2) is 54.6 Å². The summed E-state index contributed by atoms with van der Waals surface area (Å²) < 4.78 is 0. The SMILES string of the molecule is Cc1ccc(-c2ccc(-c3ccc4nc(C)[nH]c4c3)s2)cc1. The number of H-pyrrole nitrogens is 1. The molecule has 0 aliphatic rings. The van der Waals surface area contributed by atoms with Gasteiger partial charge in [-0.1, -0.05) is 35.9 Å². The van der Waals surface area contributed by atoms with Gasteiger partial charge in [-0.05, 0) is 49.2 Å². The molecule has 22 heavy (non-hydrogen) atoms. The Morgan fingerprint density at radius 1 is 0.818 bits per heavy atom. The van der Waals surface area contributed by atoms with Crippen molar-refractivity contribution in [3.05, 3.63) is 66.0 Å². The molecule has 1 N–H and O–H groups in total. The van der Waals surface area contributed by atoms with Gasteiger partial charge in [0.2, 0.25) is 0 Å². The van der Waals surface area contributed by atoms with Crippen LogP contribution in [0.25, 0.3) is 31.9 Å². The van der Waals surface area contributed by atoms with Crippen molar-refractivity contribution in [3.8, 4) is 20.9 Å². The minimum atomic E-state index is 0.957. The Morgan fingerprint density at radius 2 is 1.50 bits per heavy atom. The number of aryl methyl sites for hydroxylation is 2. The minimum absolute atomic E-state index is 0.957. The third-order valence-corrected chi connectivity index (χ3v) is 5.01. The zero-order valence-corrected chi connectivity index (χ0v) is 13.4. The highest BCUT2D eigenvalue weighted by atomic mass is 32.1. The fourth-order valence-corrected chi connectivity index (χ4v) is 3.66. The summed E-state index contributed by atoms with van der Waals surface area (Å²) in [5.74, 6) is 0.957. The third kappa shape index (κ3) is 2.34. The van der Waals surface area contributed by atoms with E-state index in [1.54, 1.807) is 0 Å². The molecule has 0 fully saturated rings. The number of fused-ring (bicyclic) bond motifs is 1. The molecule has 0 saturated carbocycles. The molecule has 0 saturated heterocycles. The lowest BCUT2D eigenvalue weighted by molar-refractivity contribution is 1.17. The van der Waals surface area contributed by atoms with E-state index in [1.165, 1.54) is 26.4 Å². The Balaban J connectivity index is 1.74. The maximum Gasteiger partial charge on any atom is 0.104 e. The molecule has 0 radical (unpaired) electrons. The van der Waals surface area contributed by atoms with Crippen LogP contribution < -0.4 is 0 Å². The number of imidazole rings is 1. The molecule has 0 unspecified atom stereocenters. The zero-order valence-electron chi connectivity index (χ0n) is 12.6. The molecule has 0 atom stereocenters. The van der Waals surface area contributed by atoms with Gasteiger partial charge in [-0.15, -0.1) is 11.3 Å². The molecule has 0 bridgehead atoms. The lowest BCUT2D eigenvalue weighted by atomic mass is 10.1. The number of aromatic nitrogens is 2. The molecule has 2 heterocycles. The second-order valence-electron chi connectivity index (χ2n) is 5.58. The van der Waals surface area contributed by atoms with Crippen molar-refractivity contribution in [2.24, 2.45) is 0 Å². The van der Waals surface area contributed by atoms with E-state index >= 15 is 0 Å². The standard InChI is InChI=1S/C19H16N2S/c1-12-3-5-14(6-4-12)18-9-10-19(22-18)15-7-8-16-17(11-15)21-13(2)20-16/h3-11H,1-2H3,(H,20,21). The number of aromatic amines is 1. The second kappa shape index (κ2) is 5.11. The first-order valence-electron chi connectivity index (χ1n) is 7.33. The predicted molar refractivity (Wildman–Crippen MR) is 94.3 cm³/mol. The van der Waals surface area contributed by atoms with Crippen LogP contribution in [0.2, 0.25) is 0 Å². The van der Waals surface area contributed by atoms with E-state index in [-0.39, 0.29) is 0 Å². The fraction of sp³-hybridized carbons (Fsp3) is 0.105. The molecule has 0 spiro atoms. The quantitative estimate of drug-likeness (QED) is 0.515. The first kappa shape index (κ1) is 13.3. The van der Waals surface area contributed by atoms with Crippen molar-refractivity contribution in [1.29, 1.82) is 0 Å². The van der Waals surface area contributed by atoms with E-state index < -0.39 is 0 Å². The number of nitrogens with one attached hydrogen (secondary N) is 1. The molecule has 3 heteroatoms. The van der Waals surface area contributed by atoms with Gasteiger partial charge >= 0.3 is 0 Å². The van der Waals surface area contributed by atoms with Gasteiger partial charge in [0.1, 0.15) is 5.82 Å². The van der Waals surface area contributed by atoms with Crippen LogP contribution in [0, 0.1) is 13.8 Å². The van der Waals surface area contributed by atoms with Gasteiger partial charge in [-0.25, -0.2) is 4.98 Å². The van der Waals surface area contributed by atoms with E-state index in [0.717, 1.165) is 16.9 Å². The molecule has 2 aromatic heterocycles. The molecule has 2 nitrogen and oxygen atoms in total. The van der Waals surface area contributed by atoms with Gasteiger partial charge in [0.25, 0.3) is 0 Å². The highest BCUT2D eigenvalue weighted by Gasteiger charge is 2.07. The lowest BCUT2D eigenvalue weighted by Crippen LogP contribution is -1.74. The van der Waals surface area contributed by atoms with Crippen molar-refractivity contribution in [3.63, 3.8) is 0 Å². The van der Waals surface area contributed by atoms with Gasteiger partial charge in [-0.2, -0.15) is 0 Å². The Morgan fingerprint density at radius 3 is 2.27 bits per heavy atom. The summed E-state index contributed by atoms with van der Waals surface area (Å²) in [6.07, 6.45) is 0. The molecule has 108 valence electrons. The van der Waals surface area contributed by atoms with Crippen LogP contribution in [-0.2, 0) is 0 Å². The second-order valence-corrected chi connectivity index (χ2v) is 6.67. The number of hydrogen-bond acceptors (Lipinski definition) is 2. The highest BCUT2D eigenvalue weighted by molar-refractivity contribution is 7.18. The monoisotopic (exact) mass is 304 g/mol. The van der Waals surface area contributed by atoms with Crippen LogP contribution in [0.4, 0.5) is 0 Å². The average Bonchev–Trinajstić information content (AvgIpc) is 3.12. The van der Waals surface area contributed by atoms with Crippen molar-refractivity contribution in [2.45, 2.75) is 13.8 Å².